The Balaban J connectivity index is 2.16. The monoisotopic (exact) mass is 425 g/mol. The van der Waals surface area contributed by atoms with Crippen LogP contribution in [-0.2, 0) is 9.47 Å². The minimum absolute atomic E-state index is 0.239. The molecule has 2 heterocycles. The molecule has 1 atom stereocenters. The molecule has 0 aliphatic rings. The van der Waals surface area contributed by atoms with Crippen LogP contribution >= 0.6 is 22.9 Å². The van der Waals surface area contributed by atoms with Crippen LogP contribution in [0, 0.1) is 0 Å². The van der Waals surface area contributed by atoms with Crippen molar-refractivity contribution in [2.24, 2.45) is 0 Å². The number of nitrogens with zero attached hydrogens (tertiary/aromatic N) is 1. The highest BCUT2D eigenvalue weighted by atomic mass is 35.5. The smallest absolute Gasteiger partial charge is 0.408 e. The van der Waals surface area contributed by atoms with E-state index in [2.05, 4.69) is 15.6 Å². The average molecular weight is 426 g/mol. The Kier molecular flexibility index (Phi) is 7.65. The summed E-state index contributed by atoms with van der Waals surface area (Å²) in [5, 5.41) is 10.0. The number of ether oxygens (including phenoxy) is 2. The van der Waals surface area contributed by atoms with Gasteiger partial charge in [0.1, 0.15) is 22.1 Å². The maximum Gasteiger partial charge on any atom is 0.408 e. The van der Waals surface area contributed by atoms with Gasteiger partial charge in [0.2, 0.25) is 0 Å². The van der Waals surface area contributed by atoms with Crippen molar-refractivity contribution in [3.05, 3.63) is 45.2 Å². The summed E-state index contributed by atoms with van der Waals surface area (Å²) in [6.45, 7) is 7.64. The average Bonchev–Trinajstić information content (AvgIpc) is 3.11. The highest BCUT2D eigenvalue weighted by Crippen LogP contribution is 2.22. The lowest BCUT2D eigenvalue weighted by Crippen LogP contribution is -2.37. The van der Waals surface area contributed by atoms with E-state index in [1.54, 1.807) is 33.8 Å². The number of carbonyl (C=O) groups excluding carboxylic acids is 2. The zero-order valence-electron chi connectivity index (χ0n) is 16.2. The van der Waals surface area contributed by atoms with Gasteiger partial charge >= 0.3 is 12.1 Å². The van der Waals surface area contributed by atoms with Crippen molar-refractivity contribution < 1.29 is 19.1 Å². The first-order valence-electron chi connectivity index (χ1n) is 8.78. The van der Waals surface area contributed by atoms with Gasteiger partial charge in [0, 0.05) is 6.54 Å². The Hall–Kier alpha value is -2.32. The molecule has 2 rings (SSSR count). The van der Waals surface area contributed by atoms with Gasteiger partial charge in [-0.2, -0.15) is 11.3 Å². The van der Waals surface area contributed by atoms with E-state index < -0.39 is 23.7 Å². The van der Waals surface area contributed by atoms with Gasteiger partial charge in [-0.25, -0.2) is 14.6 Å². The van der Waals surface area contributed by atoms with Crippen LogP contribution in [0.1, 0.15) is 49.7 Å². The third kappa shape index (κ3) is 6.69. The molecule has 0 aromatic carbocycles. The van der Waals surface area contributed by atoms with Crippen molar-refractivity contribution >= 4 is 40.8 Å². The number of rotatable bonds is 7. The Morgan fingerprint density at radius 3 is 2.64 bits per heavy atom. The lowest BCUT2D eigenvalue weighted by Gasteiger charge is -2.24. The molecule has 0 aliphatic heterocycles. The molecular weight excluding hydrogens is 402 g/mol. The summed E-state index contributed by atoms with van der Waals surface area (Å²) in [4.78, 5) is 28.6. The SMILES string of the molecule is CCOC(=O)c1ccc(Cl)nc1NC[C@H](NC(=O)OC(C)(C)C)c1ccsc1. The molecule has 0 aliphatic carbocycles. The third-order valence-electron chi connectivity index (χ3n) is 3.47. The quantitative estimate of drug-likeness (QED) is 0.495. The topological polar surface area (TPSA) is 89.5 Å². The summed E-state index contributed by atoms with van der Waals surface area (Å²) in [5.41, 5.74) is 0.568. The summed E-state index contributed by atoms with van der Waals surface area (Å²) >= 11 is 7.50. The first-order chi connectivity index (χ1) is 13.2. The van der Waals surface area contributed by atoms with Crippen molar-refractivity contribution in [3.8, 4) is 0 Å². The summed E-state index contributed by atoms with van der Waals surface area (Å²) in [6, 6.07) is 4.59. The molecule has 2 N–H and O–H groups in total. The number of aromatic nitrogens is 1. The van der Waals surface area contributed by atoms with E-state index in [-0.39, 0.29) is 29.7 Å². The minimum atomic E-state index is -0.609. The molecule has 0 unspecified atom stereocenters. The van der Waals surface area contributed by atoms with Gasteiger partial charge in [-0.15, -0.1) is 0 Å². The molecule has 2 aromatic rings. The number of anilines is 1. The van der Waals surface area contributed by atoms with Crippen molar-refractivity contribution in [2.75, 3.05) is 18.5 Å². The summed E-state index contributed by atoms with van der Waals surface area (Å²) in [5.74, 6) is -0.210. The number of esters is 1. The molecular formula is C19H24ClN3O4S. The van der Waals surface area contributed by atoms with E-state index >= 15 is 0 Å². The van der Waals surface area contributed by atoms with Crippen LogP contribution in [0.2, 0.25) is 5.15 Å². The molecule has 0 radical (unpaired) electrons. The third-order valence-corrected chi connectivity index (χ3v) is 4.38. The van der Waals surface area contributed by atoms with E-state index in [1.807, 2.05) is 16.8 Å². The molecule has 0 bridgehead atoms. The number of hydrogen-bond acceptors (Lipinski definition) is 7. The second kappa shape index (κ2) is 9.75. The summed E-state index contributed by atoms with van der Waals surface area (Å²) in [6.07, 6.45) is -0.532. The lowest BCUT2D eigenvalue weighted by molar-refractivity contribution is 0.0500. The zero-order valence-corrected chi connectivity index (χ0v) is 17.8. The van der Waals surface area contributed by atoms with Crippen LogP contribution in [0.15, 0.2) is 29.0 Å². The molecule has 0 saturated carbocycles. The van der Waals surface area contributed by atoms with Gasteiger partial charge in [0.05, 0.1) is 12.6 Å². The van der Waals surface area contributed by atoms with Gasteiger partial charge in [0.15, 0.2) is 0 Å². The molecule has 0 saturated heterocycles. The normalized spacial score (nSPS) is 12.2. The molecule has 28 heavy (non-hydrogen) atoms. The second-order valence-electron chi connectivity index (χ2n) is 6.89. The number of thiophene rings is 1. The van der Waals surface area contributed by atoms with Crippen LogP contribution in [0.5, 0.6) is 0 Å². The molecule has 0 spiro atoms. The van der Waals surface area contributed by atoms with Gasteiger partial charge in [-0.1, -0.05) is 11.6 Å². The van der Waals surface area contributed by atoms with E-state index in [9.17, 15) is 9.59 Å². The second-order valence-corrected chi connectivity index (χ2v) is 8.05. The van der Waals surface area contributed by atoms with E-state index in [0.717, 1.165) is 5.56 Å². The maximum atomic E-state index is 12.2. The number of pyridine rings is 1. The Bertz CT molecular complexity index is 806. The number of hydrogen-bond donors (Lipinski definition) is 2. The summed E-state index contributed by atoms with van der Waals surface area (Å²) in [7, 11) is 0. The molecule has 2 aromatic heterocycles. The fourth-order valence-electron chi connectivity index (χ4n) is 2.32. The molecule has 1 amide bonds. The number of amides is 1. The maximum absolute atomic E-state index is 12.2. The predicted octanol–water partition coefficient (Wildman–Crippen LogP) is 4.65. The van der Waals surface area contributed by atoms with Crippen molar-refractivity contribution in [1.82, 2.24) is 10.3 Å². The van der Waals surface area contributed by atoms with Crippen molar-refractivity contribution in [1.29, 1.82) is 0 Å². The molecule has 0 fully saturated rings. The van der Waals surface area contributed by atoms with Gasteiger partial charge < -0.3 is 20.1 Å². The summed E-state index contributed by atoms with van der Waals surface area (Å²) < 4.78 is 10.4. The largest absolute Gasteiger partial charge is 0.462 e. The fraction of sp³-hybridized carbons (Fsp3) is 0.421. The Morgan fingerprint density at radius 2 is 2.04 bits per heavy atom. The van der Waals surface area contributed by atoms with E-state index in [1.165, 1.54) is 17.4 Å². The van der Waals surface area contributed by atoms with Crippen LogP contribution in [-0.4, -0.2) is 35.8 Å². The van der Waals surface area contributed by atoms with Crippen LogP contribution in [0.3, 0.4) is 0 Å². The Morgan fingerprint density at radius 1 is 1.29 bits per heavy atom. The van der Waals surface area contributed by atoms with Gasteiger partial charge in [-0.05, 0) is 62.2 Å². The number of carbonyl (C=O) groups is 2. The number of alkyl carbamates (subject to hydrolysis) is 1. The highest BCUT2D eigenvalue weighted by molar-refractivity contribution is 7.08. The fourth-order valence-corrected chi connectivity index (χ4v) is 3.18. The minimum Gasteiger partial charge on any atom is -0.462 e. The van der Waals surface area contributed by atoms with Crippen LogP contribution < -0.4 is 10.6 Å². The predicted molar refractivity (Wildman–Crippen MR) is 110 cm³/mol. The number of nitrogens with one attached hydrogen (secondary N) is 2. The Labute approximate surface area is 173 Å². The van der Waals surface area contributed by atoms with Crippen molar-refractivity contribution in [3.63, 3.8) is 0 Å². The van der Waals surface area contributed by atoms with Crippen LogP contribution in [0.25, 0.3) is 0 Å². The number of halogens is 1. The van der Waals surface area contributed by atoms with Gasteiger partial charge in [-0.3, -0.25) is 0 Å². The highest BCUT2D eigenvalue weighted by Gasteiger charge is 2.22. The lowest BCUT2D eigenvalue weighted by atomic mass is 10.1. The zero-order chi connectivity index (χ0) is 20.7. The first kappa shape index (κ1) is 22.0. The van der Waals surface area contributed by atoms with Gasteiger partial charge in [0.25, 0.3) is 0 Å². The molecule has 152 valence electrons. The molecule has 7 nitrogen and oxygen atoms in total. The van der Waals surface area contributed by atoms with Crippen LogP contribution in [0.4, 0.5) is 10.6 Å². The van der Waals surface area contributed by atoms with E-state index in [0.29, 0.717) is 0 Å². The molecule has 9 heteroatoms. The van der Waals surface area contributed by atoms with E-state index in [4.69, 9.17) is 21.1 Å². The van der Waals surface area contributed by atoms with Crippen molar-refractivity contribution in [2.45, 2.75) is 39.3 Å². The standard InChI is InChI=1S/C19H24ClN3O4S/c1-5-26-17(24)13-6-7-15(20)23-16(13)21-10-14(12-8-9-28-11-12)22-18(25)27-19(2,3)4/h6-9,11,14H,5,10H2,1-4H3,(H,21,23)(H,22,25)/t14-/m0/s1. The first-order valence-corrected chi connectivity index (χ1v) is 10.1.